The number of amides is 3. The molecule has 154 valence electrons. The Morgan fingerprint density at radius 3 is 2.68 bits per heavy atom. The molecule has 1 aliphatic heterocycles. The number of hydrogen-bond donors (Lipinski definition) is 2. The molecule has 0 bridgehead atoms. The number of halogens is 1. The number of urea groups is 1. The summed E-state index contributed by atoms with van der Waals surface area (Å²) in [5.74, 6) is -2.69. The van der Waals surface area contributed by atoms with Crippen molar-refractivity contribution in [3.63, 3.8) is 0 Å². The molecule has 0 unspecified atom stereocenters. The highest BCUT2D eigenvalue weighted by molar-refractivity contribution is 7.89. The lowest BCUT2D eigenvalue weighted by Gasteiger charge is -2.22. The molecule has 0 aromatic heterocycles. The summed E-state index contributed by atoms with van der Waals surface area (Å²) in [6.45, 7) is 1.51. The highest BCUT2D eigenvalue weighted by Gasteiger charge is 2.41. The summed E-state index contributed by atoms with van der Waals surface area (Å²) in [5, 5.41) is 4.41. The number of imide groups is 1. The summed E-state index contributed by atoms with van der Waals surface area (Å²) in [7, 11) is -4.24. The molecule has 1 aromatic rings. The quantitative estimate of drug-likeness (QED) is 0.634. The zero-order valence-corrected chi connectivity index (χ0v) is 16.1. The average Bonchev–Trinajstić information content (AvgIpc) is 3.15. The van der Waals surface area contributed by atoms with Gasteiger partial charge < -0.3 is 10.1 Å². The minimum atomic E-state index is -4.24. The number of ether oxygens (including phenoxy) is 1. The molecule has 3 amide bonds. The minimum absolute atomic E-state index is 0.0298. The molecule has 1 aliphatic rings. The van der Waals surface area contributed by atoms with Crippen molar-refractivity contribution in [3.8, 4) is 0 Å². The minimum Gasteiger partial charge on any atom is -0.454 e. The maximum absolute atomic E-state index is 13.9. The maximum atomic E-state index is 13.9. The van der Waals surface area contributed by atoms with Crippen molar-refractivity contribution in [1.29, 1.82) is 0 Å². The van der Waals surface area contributed by atoms with Gasteiger partial charge in [0, 0.05) is 13.1 Å². The maximum Gasteiger partial charge on any atom is 0.324 e. The van der Waals surface area contributed by atoms with Gasteiger partial charge >= 0.3 is 12.0 Å². The fourth-order valence-corrected chi connectivity index (χ4v) is 4.44. The highest BCUT2D eigenvalue weighted by Crippen LogP contribution is 2.28. The largest absolute Gasteiger partial charge is 0.454 e. The number of benzene rings is 1. The van der Waals surface area contributed by atoms with Gasteiger partial charge in [0.2, 0.25) is 10.0 Å². The number of rotatable bonds is 7. The van der Waals surface area contributed by atoms with Crippen LogP contribution in [-0.4, -0.2) is 56.4 Å². The molecule has 9 nitrogen and oxygen atoms in total. The monoisotopic (exact) mass is 415 g/mol. The van der Waals surface area contributed by atoms with Crippen LogP contribution in [0.25, 0.3) is 0 Å². The molecular weight excluding hydrogens is 393 g/mol. The van der Waals surface area contributed by atoms with Gasteiger partial charge in [-0.3, -0.25) is 14.9 Å². The smallest absolute Gasteiger partial charge is 0.324 e. The second kappa shape index (κ2) is 9.60. The van der Waals surface area contributed by atoms with Gasteiger partial charge in [-0.1, -0.05) is 19.1 Å². The first-order valence-corrected chi connectivity index (χ1v) is 10.2. The van der Waals surface area contributed by atoms with Crippen molar-refractivity contribution in [2.24, 2.45) is 0 Å². The van der Waals surface area contributed by atoms with Gasteiger partial charge in [0.15, 0.2) is 6.61 Å². The standard InChI is InChI=1S/C17H22FN3O6S/c1-2-9-19-17(24)20-15(22)11-27-16(23)13-7-5-10-21(13)28(25,26)14-8-4-3-6-12(14)18/h3-4,6,8,13H,2,5,7,9-11H2,1H3,(H2,19,20,22,24)/t13-/m0/s1. The third kappa shape index (κ3) is 5.26. The number of carbonyl (C=O) groups is 3. The fourth-order valence-electron chi connectivity index (χ4n) is 2.72. The van der Waals surface area contributed by atoms with Gasteiger partial charge in [-0.15, -0.1) is 0 Å². The molecule has 0 saturated carbocycles. The van der Waals surface area contributed by atoms with Crippen LogP contribution in [0.4, 0.5) is 9.18 Å². The van der Waals surface area contributed by atoms with Crippen LogP contribution in [0.5, 0.6) is 0 Å². The van der Waals surface area contributed by atoms with Gasteiger partial charge in [0.05, 0.1) is 0 Å². The van der Waals surface area contributed by atoms with E-state index < -0.39 is 51.3 Å². The number of hydrogen-bond acceptors (Lipinski definition) is 6. The first-order valence-electron chi connectivity index (χ1n) is 8.78. The number of carbonyl (C=O) groups excluding carboxylic acids is 3. The summed E-state index contributed by atoms with van der Waals surface area (Å²) >= 11 is 0. The van der Waals surface area contributed by atoms with Gasteiger partial charge in [0.1, 0.15) is 16.8 Å². The molecule has 1 saturated heterocycles. The molecule has 2 N–H and O–H groups in total. The molecule has 0 radical (unpaired) electrons. The van der Waals surface area contributed by atoms with Crippen LogP contribution >= 0.6 is 0 Å². The van der Waals surface area contributed by atoms with Crippen LogP contribution < -0.4 is 10.6 Å². The molecule has 1 aromatic carbocycles. The van der Waals surface area contributed by atoms with Crippen molar-refractivity contribution in [2.75, 3.05) is 19.7 Å². The van der Waals surface area contributed by atoms with Gasteiger partial charge in [-0.25, -0.2) is 17.6 Å². The molecular formula is C17H22FN3O6S. The highest BCUT2D eigenvalue weighted by atomic mass is 32.2. The van der Waals surface area contributed by atoms with E-state index in [2.05, 4.69) is 5.32 Å². The Bertz CT molecular complexity index is 845. The van der Waals surface area contributed by atoms with Crippen molar-refractivity contribution in [1.82, 2.24) is 14.9 Å². The van der Waals surface area contributed by atoms with E-state index in [1.165, 1.54) is 12.1 Å². The van der Waals surface area contributed by atoms with Crippen LogP contribution in [0.15, 0.2) is 29.2 Å². The van der Waals surface area contributed by atoms with Crippen molar-refractivity contribution in [2.45, 2.75) is 37.1 Å². The second-order valence-electron chi connectivity index (χ2n) is 6.12. The Morgan fingerprint density at radius 2 is 2.00 bits per heavy atom. The zero-order valence-electron chi connectivity index (χ0n) is 15.3. The predicted octanol–water partition coefficient (Wildman–Crippen LogP) is 0.758. The van der Waals surface area contributed by atoms with Crippen LogP contribution in [-0.2, 0) is 24.3 Å². The molecule has 1 fully saturated rings. The molecule has 2 rings (SSSR count). The average molecular weight is 415 g/mol. The Morgan fingerprint density at radius 1 is 1.29 bits per heavy atom. The van der Waals surface area contributed by atoms with Gasteiger partial charge in [-0.05, 0) is 31.4 Å². The Hall–Kier alpha value is -2.53. The first-order chi connectivity index (χ1) is 13.3. The van der Waals surface area contributed by atoms with E-state index in [0.717, 1.165) is 16.4 Å². The number of esters is 1. The number of sulfonamides is 1. The Labute approximate surface area is 162 Å². The first kappa shape index (κ1) is 21.8. The summed E-state index contributed by atoms with van der Waals surface area (Å²) in [5.41, 5.74) is 0. The van der Waals surface area contributed by atoms with E-state index in [9.17, 15) is 27.2 Å². The lowest BCUT2D eigenvalue weighted by atomic mass is 10.2. The van der Waals surface area contributed by atoms with E-state index >= 15 is 0 Å². The topological polar surface area (TPSA) is 122 Å². The van der Waals surface area contributed by atoms with Gasteiger partial charge in [0.25, 0.3) is 5.91 Å². The van der Waals surface area contributed by atoms with E-state index in [1.54, 1.807) is 0 Å². The van der Waals surface area contributed by atoms with Crippen LogP contribution in [0.2, 0.25) is 0 Å². The summed E-state index contributed by atoms with van der Waals surface area (Å²) in [6, 6.07) is 3.00. The molecule has 0 spiro atoms. The molecule has 28 heavy (non-hydrogen) atoms. The lowest BCUT2D eigenvalue weighted by molar-refractivity contribution is -0.151. The Balaban J connectivity index is 1.98. The van der Waals surface area contributed by atoms with Crippen LogP contribution in [0.1, 0.15) is 26.2 Å². The van der Waals surface area contributed by atoms with E-state index in [4.69, 9.17) is 4.74 Å². The fraction of sp³-hybridized carbons (Fsp3) is 0.471. The van der Waals surface area contributed by atoms with Crippen molar-refractivity contribution < 1.29 is 31.9 Å². The van der Waals surface area contributed by atoms with E-state index in [1.807, 2.05) is 12.2 Å². The van der Waals surface area contributed by atoms with Crippen LogP contribution in [0, 0.1) is 5.82 Å². The van der Waals surface area contributed by atoms with Crippen molar-refractivity contribution in [3.05, 3.63) is 30.1 Å². The SMILES string of the molecule is CCCNC(=O)NC(=O)COC(=O)[C@@H]1CCCN1S(=O)(=O)c1ccccc1F. The third-order valence-corrected chi connectivity index (χ3v) is 5.97. The third-order valence-electron chi connectivity index (χ3n) is 4.03. The zero-order chi connectivity index (χ0) is 20.7. The molecule has 1 atom stereocenters. The van der Waals surface area contributed by atoms with E-state index in [0.29, 0.717) is 19.4 Å². The Kier molecular flexibility index (Phi) is 7.46. The summed E-state index contributed by atoms with van der Waals surface area (Å²) in [6.07, 6.45) is 1.26. The van der Waals surface area contributed by atoms with Crippen molar-refractivity contribution >= 4 is 27.9 Å². The number of nitrogens with one attached hydrogen (secondary N) is 2. The second-order valence-corrected chi connectivity index (χ2v) is 7.97. The molecule has 11 heteroatoms. The summed E-state index contributed by atoms with van der Waals surface area (Å²) < 4.78 is 45.0. The molecule has 1 heterocycles. The number of nitrogens with zero attached hydrogens (tertiary/aromatic N) is 1. The van der Waals surface area contributed by atoms with E-state index in [-0.39, 0.29) is 13.0 Å². The summed E-state index contributed by atoms with van der Waals surface area (Å²) in [4.78, 5) is 34.8. The predicted molar refractivity (Wildman–Crippen MR) is 96.1 cm³/mol. The van der Waals surface area contributed by atoms with Crippen LogP contribution in [0.3, 0.4) is 0 Å². The molecule has 0 aliphatic carbocycles. The normalized spacial score (nSPS) is 17.1. The lowest BCUT2D eigenvalue weighted by Crippen LogP contribution is -2.44. The van der Waals surface area contributed by atoms with Gasteiger partial charge in [-0.2, -0.15) is 4.31 Å².